The molecule has 0 amide bonds. The number of ether oxygens (including phenoxy) is 1. The van der Waals surface area contributed by atoms with E-state index in [1.165, 1.54) is 6.07 Å². The van der Waals surface area contributed by atoms with Crippen LogP contribution in [0.15, 0.2) is 29.2 Å². The van der Waals surface area contributed by atoms with Crippen molar-refractivity contribution in [3.63, 3.8) is 0 Å². The van der Waals surface area contributed by atoms with Crippen molar-refractivity contribution in [3.8, 4) is 0 Å². The van der Waals surface area contributed by atoms with Gasteiger partial charge in [0.25, 0.3) is 0 Å². The van der Waals surface area contributed by atoms with Gasteiger partial charge in [0, 0.05) is 24.3 Å². The second-order valence-corrected chi connectivity index (χ2v) is 6.64. The molecule has 2 rings (SSSR count). The Morgan fingerprint density at radius 1 is 1.55 bits per heavy atom. The van der Waals surface area contributed by atoms with E-state index in [9.17, 15) is 8.42 Å². The average Bonchev–Trinajstić information content (AvgIpc) is 2.39. The summed E-state index contributed by atoms with van der Waals surface area (Å²) < 4.78 is 28.0. The molecule has 112 valence electrons. The lowest BCUT2D eigenvalue weighted by molar-refractivity contribution is 0.0731. The van der Waals surface area contributed by atoms with E-state index in [4.69, 9.17) is 9.88 Å². The number of nitrogens with one attached hydrogen (secondary N) is 2. The van der Waals surface area contributed by atoms with Crippen LogP contribution in [0.2, 0.25) is 0 Å². The Hall–Kier alpha value is -1.15. The summed E-state index contributed by atoms with van der Waals surface area (Å²) in [6.07, 6.45) is 0.902. The first kappa shape index (κ1) is 15.2. The molecular formula is C13H21N3O3S. The molecule has 1 aromatic rings. The van der Waals surface area contributed by atoms with Crippen LogP contribution in [-0.4, -0.2) is 40.3 Å². The minimum atomic E-state index is -3.66. The van der Waals surface area contributed by atoms with Crippen LogP contribution in [0.1, 0.15) is 13.3 Å². The van der Waals surface area contributed by atoms with Gasteiger partial charge in [0.05, 0.1) is 18.1 Å². The summed E-state index contributed by atoms with van der Waals surface area (Å²) in [6, 6.07) is 7.07. The Morgan fingerprint density at radius 2 is 2.35 bits per heavy atom. The third kappa shape index (κ3) is 4.45. The minimum absolute atomic E-state index is 0.119. The zero-order chi connectivity index (χ0) is 14.6. The molecule has 0 radical (unpaired) electrons. The second kappa shape index (κ2) is 6.53. The number of hydrogen-bond acceptors (Lipinski definition) is 5. The van der Waals surface area contributed by atoms with E-state index in [0.29, 0.717) is 12.6 Å². The van der Waals surface area contributed by atoms with E-state index >= 15 is 0 Å². The maximum atomic E-state index is 11.3. The van der Waals surface area contributed by atoms with Crippen molar-refractivity contribution >= 4 is 15.7 Å². The molecule has 0 bridgehead atoms. The van der Waals surface area contributed by atoms with Crippen LogP contribution >= 0.6 is 0 Å². The molecule has 1 aromatic carbocycles. The highest BCUT2D eigenvalue weighted by Gasteiger charge is 2.16. The maximum Gasteiger partial charge on any atom is 0.238 e. The van der Waals surface area contributed by atoms with Crippen molar-refractivity contribution in [2.24, 2.45) is 5.14 Å². The van der Waals surface area contributed by atoms with Gasteiger partial charge >= 0.3 is 0 Å². The van der Waals surface area contributed by atoms with Crippen LogP contribution in [0.4, 0.5) is 5.69 Å². The van der Waals surface area contributed by atoms with E-state index in [1.807, 2.05) is 6.07 Å². The smallest absolute Gasteiger partial charge is 0.238 e. The summed E-state index contributed by atoms with van der Waals surface area (Å²) in [7, 11) is -3.66. The van der Waals surface area contributed by atoms with Crippen LogP contribution in [0.3, 0.4) is 0 Å². The van der Waals surface area contributed by atoms with Gasteiger partial charge in [-0.2, -0.15) is 0 Å². The minimum Gasteiger partial charge on any atom is -0.382 e. The topological polar surface area (TPSA) is 93.4 Å². The summed E-state index contributed by atoms with van der Waals surface area (Å²) >= 11 is 0. The van der Waals surface area contributed by atoms with E-state index in [1.54, 1.807) is 12.1 Å². The third-order valence-electron chi connectivity index (χ3n) is 3.21. The fourth-order valence-electron chi connectivity index (χ4n) is 2.30. The zero-order valence-corrected chi connectivity index (χ0v) is 12.3. The van der Waals surface area contributed by atoms with Crippen molar-refractivity contribution in [3.05, 3.63) is 24.3 Å². The lowest BCUT2D eigenvalue weighted by Crippen LogP contribution is -2.43. The lowest BCUT2D eigenvalue weighted by atomic mass is 10.1. The summed E-state index contributed by atoms with van der Waals surface area (Å²) in [5.74, 6) is 0. The van der Waals surface area contributed by atoms with Crippen molar-refractivity contribution in [2.45, 2.75) is 30.3 Å². The van der Waals surface area contributed by atoms with Crippen molar-refractivity contribution in [1.29, 1.82) is 0 Å². The largest absolute Gasteiger partial charge is 0.382 e. The van der Waals surface area contributed by atoms with Crippen LogP contribution in [-0.2, 0) is 14.8 Å². The first-order valence-electron chi connectivity index (χ1n) is 6.65. The number of sulfonamides is 1. The Bertz CT molecular complexity index is 542. The molecule has 7 heteroatoms. The molecule has 0 aromatic heterocycles. The first-order chi connectivity index (χ1) is 9.45. The number of anilines is 1. The molecule has 4 N–H and O–H groups in total. The van der Waals surface area contributed by atoms with Gasteiger partial charge in [-0.25, -0.2) is 13.6 Å². The molecule has 1 heterocycles. The molecule has 2 unspecified atom stereocenters. The maximum absolute atomic E-state index is 11.3. The predicted octanol–water partition coefficient (Wildman–Crippen LogP) is 0.513. The Morgan fingerprint density at radius 3 is 3.00 bits per heavy atom. The van der Waals surface area contributed by atoms with Crippen LogP contribution in [0.25, 0.3) is 0 Å². The highest BCUT2D eigenvalue weighted by atomic mass is 32.2. The van der Waals surface area contributed by atoms with Crippen molar-refractivity contribution in [1.82, 2.24) is 5.32 Å². The molecule has 20 heavy (non-hydrogen) atoms. The molecule has 1 aliphatic heterocycles. The zero-order valence-electron chi connectivity index (χ0n) is 11.5. The molecular weight excluding hydrogens is 278 g/mol. The van der Waals surface area contributed by atoms with E-state index < -0.39 is 10.0 Å². The van der Waals surface area contributed by atoms with Crippen LogP contribution < -0.4 is 15.8 Å². The van der Waals surface area contributed by atoms with E-state index in [-0.39, 0.29) is 10.9 Å². The predicted molar refractivity (Wildman–Crippen MR) is 78.1 cm³/mol. The van der Waals surface area contributed by atoms with Gasteiger partial charge in [-0.1, -0.05) is 6.07 Å². The normalized spacial score (nSPS) is 21.4. The molecule has 1 saturated heterocycles. The van der Waals surface area contributed by atoms with Gasteiger partial charge < -0.3 is 15.4 Å². The van der Waals surface area contributed by atoms with Crippen molar-refractivity contribution < 1.29 is 13.2 Å². The number of rotatable bonds is 5. The molecule has 0 saturated carbocycles. The Kier molecular flexibility index (Phi) is 4.98. The standard InChI is InChI=1S/C13H21N3O3S/c1-10(7-12-9-19-6-5-15-12)16-11-3-2-4-13(8-11)20(14,17)18/h2-4,8,10,12,15-16H,5-7,9H2,1H3,(H2,14,17,18). The van der Waals surface area contributed by atoms with E-state index in [0.717, 1.165) is 25.3 Å². The van der Waals surface area contributed by atoms with Crippen LogP contribution in [0.5, 0.6) is 0 Å². The lowest BCUT2D eigenvalue weighted by Gasteiger charge is -2.27. The number of primary sulfonamides is 1. The summed E-state index contributed by atoms with van der Waals surface area (Å²) in [5.41, 5.74) is 0.751. The molecule has 2 atom stereocenters. The Balaban J connectivity index is 1.95. The fraction of sp³-hybridized carbons (Fsp3) is 0.538. The fourth-order valence-corrected chi connectivity index (χ4v) is 2.86. The summed E-state index contributed by atoms with van der Waals surface area (Å²) in [4.78, 5) is 0.119. The number of nitrogens with two attached hydrogens (primary N) is 1. The Labute approximate surface area is 119 Å². The van der Waals surface area contributed by atoms with E-state index in [2.05, 4.69) is 17.6 Å². The van der Waals surface area contributed by atoms with Gasteiger partial charge in [-0.05, 0) is 31.5 Å². The number of benzene rings is 1. The van der Waals surface area contributed by atoms with Gasteiger partial charge in [0.1, 0.15) is 0 Å². The highest BCUT2D eigenvalue weighted by Crippen LogP contribution is 2.16. The number of hydrogen-bond donors (Lipinski definition) is 3. The van der Waals surface area contributed by atoms with Crippen LogP contribution in [0, 0.1) is 0 Å². The van der Waals surface area contributed by atoms with Gasteiger partial charge in [0.2, 0.25) is 10.0 Å². The van der Waals surface area contributed by atoms with Gasteiger partial charge in [0.15, 0.2) is 0 Å². The highest BCUT2D eigenvalue weighted by molar-refractivity contribution is 7.89. The summed E-state index contributed by atoms with van der Waals surface area (Å²) in [5, 5.41) is 11.8. The molecule has 1 fully saturated rings. The molecule has 1 aliphatic rings. The molecule has 0 aliphatic carbocycles. The third-order valence-corrected chi connectivity index (χ3v) is 4.12. The summed E-state index contributed by atoms with van der Waals surface area (Å²) in [6.45, 7) is 4.40. The first-order valence-corrected chi connectivity index (χ1v) is 8.20. The second-order valence-electron chi connectivity index (χ2n) is 5.08. The van der Waals surface area contributed by atoms with Gasteiger partial charge in [-0.3, -0.25) is 0 Å². The average molecular weight is 299 g/mol. The quantitative estimate of drug-likeness (QED) is 0.737. The monoisotopic (exact) mass is 299 g/mol. The molecule has 6 nitrogen and oxygen atoms in total. The SMILES string of the molecule is CC(CC1COCCN1)Nc1cccc(S(N)(=O)=O)c1. The van der Waals surface area contributed by atoms with Crippen molar-refractivity contribution in [2.75, 3.05) is 25.1 Å². The molecule has 0 spiro atoms. The van der Waals surface area contributed by atoms with Gasteiger partial charge in [-0.15, -0.1) is 0 Å². The number of morpholine rings is 1.